The monoisotopic (exact) mass is 311 g/mol. The number of thiophene rings is 1. The van der Waals surface area contributed by atoms with E-state index in [1.54, 1.807) is 30.5 Å². The fraction of sp³-hybridized carbons (Fsp3) is 0.0667. The Morgan fingerprint density at radius 2 is 2.00 bits per heavy atom. The minimum absolute atomic E-state index is 0.0796. The average Bonchev–Trinajstić information content (AvgIpc) is 3.04. The Kier molecular flexibility index (Phi) is 3.80. The molecule has 0 unspecified atom stereocenters. The van der Waals surface area contributed by atoms with Crippen molar-refractivity contribution in [3.63, 3.8) is 0 Å². The van der Waals surface area contributed by atoms with Gasteiger partial charge in [0, 0.05) is 6.42 Å². The summed E-state index contributed by atoms with van der Waals surface area (Å²) in [6, 6.07) is 10.5. The zero-order valence-electron chi connectivity index (χ0n) is 11.5. The standard InChI is InChI=1S/C15H13N5OS/c16-14(8-10-3-5-11(21)6-4-10)20-15(17)18-9-12(19-20)13-2-1-7-22-13/h1-7,9,16-17,21H,8H2. The molecule has 0 amide bonds. The van der Waals surface area contributed by atoms with Crippen molar-refractivity contribution in [2.75, 3.05) is 0 Å². The van der Waals surface area contributed by atoms with E-state index in [1.807, 2.05) is 17.5 Å². The van der Waals surface area contributed by atoms with Crippen molar-refractivity contribution < 1.29 is 5.11 Å². The van der Waals surface area contributed by atoms with E-state index in [4.69, 9.17) is 10.8 Å². The van der Waals surface area contributed by atoms with Gasteiger partial charge in [-0.05, 0) is 29.1 Å². The molecule has 110 valence electrons. The SMILES string of the molecule is N=C(Cc1ccc(O)cc1)n1nc(-c2cccs2)cnc1=N. The van der Waals surface area contributed by atoms with Crippen LogP contribution in [0.15, 0.2) is 48.0 Å². The van der Waals surface area contributed by atoms with Crippen LogP contribution >= 0.6 is 11.3 Å². The number of aromatic hydroxyl groups is 1. The second-order valence-corrected chi connectivity index (χ2v) is 5.59. The first kappa shape index (κ1) is 14.2. The molecule has 6 nitrogen and oxygen atoms in total. The van der Waals surface area contributed by atoms with E-state index >= 15 is 0 Å². The number of phenols is 1. The summed E-state index contributed by atoms with van der Waals surface area (Å²) >= 11 is 1.53. The van der Waals surface area contributed by atoms with Crippen molar-refractivity contribution in [3.05, 3.63) is 59.2 Å². The van der Waals surface area contributed by atoms with Crippen molar-refractivity contribution in [1.82, 2.24) is 14.8 Å². The molecule has 0 aliphatic rings. The summed E-state index contributed by atoms with van der Waals surface area (Å²) < 4.78 is 1.22. The lowest BCUT2D eigenvalue weighted by atomic mass is 10.1. The molecule has 0 fully saturated rings. The Morgan fingerprint density at radius 3 is 2.68 bits per heavy atom. The van der Waals surface area contributed by atoms with Crippen molar-refractivity contribution in [3.8, 4) is 16.3 Å². The Bertz CT molecular complexity index is 852. The molecule has 0 aliphatic heterocycles. The number of phenolic OH excluding ortho intramolecular Hbond substituents is 1. The lowest BCUT2D eigenvalue weighted by Crippen LogP contribution is -2.32. The maximum Gasteiger partial charge on any atom is 0.244 e. The average molecular weight is 311 g/mol. The molecule has 3 N–H and O–H groups in total. The van der Waals surface area contributed by atoms with Crippen LogP contribution in [0.2, 0.25) is 0 Å². The smallest absolute Gasteiger partial charge is 0.244 e. The highest BCUT2D eigenvalue weighted by atomic mass is 32.1. The van der Waals surface area contributed by atoms with E-state index in [9.17, 15) is 5.11 Å². The van der Waals surface area contributed by atoms with E-state index in [-0.39, 0.29) is 17.2 Å². The van der Waals surface area contributed by atoms with E-state index in [2.05, 4.69) is 10.1 Å². The molecule has 3 rings (SSSR count). The molecular formula is C15H13N5OS. The quantitative estimate of drug-likeness (QED) is 0.511. The van der Waals surface area contributed by atoms with Crippen LogP contribution in [-0.4, -0.2) is 25.7 Å². The molecule has 0 saturated heterocycles. The molecule has 2 heterocycles. The molecule has 7 heteroatoms. The van der Waals surface area contributed by atoms with Crippen LogP contribution < -0.4 is 5.62 Å². The molecule has 0 bridgehead atoms. The second-order valence-electron chi connectivity index (χ2n) is 4.65. The lowest BCUT2D eigenvalue weighted by molar-refractivity contribution is 0.475. The maximum absolute atomic E-state index is 9.28. The van der Waals surface area contributed by atoms with Gasteiger partial charge in [0.1, 0.15) is 17.3 Å². The molecule has 1 aromatic carbocycles. The van der Waals surface area contributed by atoms with Gasteiger partial charge < -0.3 is 5.11 Å². The summed E-state index contributed by atoms with van der Waals surface area (Å²) in [4.78, 5) is 4.95. The Morgan fingerprint density at radius 1 is 1.23 bits per heavy atom. The molecular weight excluding hydrogens is 298 g/mol. The third-order valence-corrected chi connectivity index (χ3v) is 3.95. The number of aromatic nitrogens is 3. The van der Waals surface area contributed by atoms with Crippen molar-refractivity contribution in [2.24, 2.45) is 0 Å². The van der Waals surface area contributed by atoms with Crippen molar-refractivity contribution in [1.29, 1.82) is 10.8 Å². The van der Waals surface area contributed by atoms with Gasteiger partial charge in [-0.15, -0.1) is 11.3 Å². The Hall–Kier alpha value is -2.80. The van der Waals surface area contributed by atoms with Crippen LogP contribution in [0, 0.1) is 10.8 Å². The van der Waals surface area contributed by atoms with Gasteiger partial charge in [0.2, 0.25) is 5.62 Å². The third-order valence-electron chi connectivity index (χ3n) is 3.05. The highest BCUT2D eigenvalue weighted by Gasteiger charge is 2.08. The van der Waals surface area contributed by atoms with Gasteiger partial charge in [0.05, 0.1) is 11.1 Å². The van der Waals surface area contributed by atoms with Gasteiger partial charge in [0.25, 0.3) is 0 Å². The second kappa shape index (κ2) is 5.90. The van der Waals surface area contributed by atoms with Crippen LogP contribution in [0.3, 0.4) is 0 Å². The van der Waals surface area contributed by atoms with Crippen molar-refractivity contribution in [2.45, 2.75) is 6.42 Å². The summed E-state index contributed by atoms with van der Waals surface area (Å²) in [6.45, 7) is 0. The number of benzene rings is 1. The fourth-order valence-electron chi connectivity index (χ4n) is 1.97. The number of hydrogen-bond donors (Lipinski definition) is 3. The predicted molar refractivity (Wildman–Crippen MR) is 84.1 cm³/mol. The number of nitrogens with zero attached hydrogens (tertiary/aromatic N) is 3. The lowest BCUT2D eigenvalue weighted by Gasteiger charge is -2.08. The molecule has 0 spiro atoms. The van der Waals surface area contributed by atoms with Crippen LogP contribution in [-0.2, 0) is 6.42 Å². The summed E-state index contributed by atoms with van der Waals surface area (Å²) in [7, 11) is 0. The van der Waals surface area contributed by atoms with E-state index in [0.29, 0.717) is 12.1 Å². The van der Waals surface area contributed by atoms with E-state index in [1.165, 1.54) is 16.0 Å². The molecule has 2 aromatic heterocycles. The molecule has 22 heavy (non-hydrogen) atoms. The molecule has 0 saturated carbocycles. The highest BCUT2D eigenvalue weighted by Crippen LogP contribution is 2.20. The largest absolute Gasteiger partial charge is 0.508 e. The van der Waals surface area contributed by atoms with Crippen LogP contribution in [0.5, 0.6) is 5.75 Å². The van der Waals surface area contributed by atoms with Gasteiger partial charge in [-0.2, -0.15) is 9.78 Å². The minimum Gasteiger partial charge on any atom is -0.508 e. The third kappa shape index (κ3) is 2.94. The summed E-state index contributed by atoms with van der Waals surface area (Å²) in [5, 5.41) is 31.6. The first-order valence-electron chi connectivity index (χ1n) is 6.54. The molecule has 0 atom stereocenters. The topological polar surface area (TPSA) is 98.6 Å². The zero-order chi connectivity index (χ0) is 15.5. The minimum atomic E-state index is -0.0796. The number of rotatable bonds is 3. The Labute approximate surface area is 130 Å². The first-order valence-corrected chi connectivity index (χ1v) is 7.42. The maximum atomic E-state index is 9.28. The molecule has 3 aromatic rings. The Balaban J connectivity index is 1.90. The summed E-state index contributed by atoms with van der Waals surface area (Å²) in [5.41, 5.74) is 1.42. The highest BCUT2D eigenvalue weighted by molar-refractivity contribution is 7.13. The van der Waals surface area contributed by atoms with Crippen LogP contribution in [0.1, 0.15) is 5.56 Å². The molecule has 0 aliphatic carbocycles. The van der Waals surface area contributed by atoms with E-state index in [0.717, 1.165) is 10.4 Å². The van der Waals surface area contributed by atoms with Gasteiger partial charge in [-0.25, -0.2) is 4.98 Å². The normalized spacial score (nSPS) is 10.5. The first-order chi connectivity index (χ1) is 10.6. The van der Waals surface area contributed by atoms with Gasteiger partial charge in [-0.3, -0.25) is 10.8 Å². The fourth-order valence-corrected chi connectivity index (χ4v) is 2.64. The summed E-state index contributed by atoms with van der Waals surface area (Å²) in [5.74, 6) is 0.338. The van der Waals surface area contributed by atoms with Crippen LogP contribution in [0.25, 0.3) is 10.6 Å². The van der Waals surface area contributed by atoms with Gasteiger partial charge >= 0.3 is 0 Å². The van der Waals surface area contributed by atoms with Gasteiger partial charge in [-0.1, -0.05) is 18.2 Å². The predicted octanol–water partition coefficient (Wildman–Crippen LogP) is 2.26. The number of hydrogen-bond acceptors (Lipinski definition) is 6. The number of nitrogens with one attached hydrogen (secondary N) is 2. The van der Waals surface area contributed by atoms with E-state index < -0.39 is 0 Å². The van der Waals surface area contributed by atoms with Gasteiger partial charge in [0.15, 0.2) is 0 Å². The van der Waals surface area contributed by atoms with Crippen molar-refractivity contribution >= 4 is 17.2 Å². The molecule has 0 radical (unpaired) electrons. The zero-order valence-corrected chi connectivity index (χ0v) is 12.3. The van der Waals surface area contributed by atoms with Crippen LogP contribution in [0.4, 0.5) is 0 Å². The summed E-state index contributed by atoms with van der Waals surface area (Å²) in [6.07, 6.45) is 1.85.